The molecule has 0 aliphatic heterocycles. The van der Waals surface area contributed by atoms with E-state index in [1.165, 1.54) is 46.8 Å². The van der Waals surface area contributed by atoms with Crippen LogP contribution in [-0.4, -0.2) is 54.8 Å². The molecule has 10 nitrogen and oxygen atoms in total. The number of carbonyl (C=O) groups excluding carboxylic acids is 3. The summed E-state index contributed by atoms with van der Waals surface area (Å²) >= 11 is 1.19. The second-order valence-electron chi connectivity index (χ2n) is 9.19. The minimum atomic E-state index is -3.69. The molecule has 0 saturated carbocycles. The summed E-state index contributed by atoms with van der Waals surface area (Å²) in [5.41, 5.74) is 1.44. The Bertz CT molecular complexity index is 1520. The molecule has 0 saturated heterocycles. The normalized spacial score (nSPS) is 12.2. The monoisotopic (exact) mass is 588 g/mol. The zero-order chi connectivity index (χ0) is 29.3. The van der Waals surface area contributed by atoms with Crippen LogP contribution >= 0.6 is 11.3 Å². The number of nitrogens with one attached hydrogen (secondary N) is 1. The van der Waals surface area contributed by atoms with E-state index >= 15 is 0 Å². The number of anilines is 1. The second kappa shape index (κ2) is 14.3. The zero-order valence-corrected chi connectivity index (χ0v) is 24.9. The minimum Gasteiger partial charge on any atom is -0.465 e. The number of aromatic nitrogens is 1. The number of hydrogen-bond acceptors (Lipinski definition) is 7. The molecule has 1 aromatic heterocycles. The lowest BCUT2D eigenvalue weighted by Gasteiger charge is -2.22. The number of ether oxygens (including phenoxy) is 1. The van der Waals surface area contributed by atoms with E-state index in [2.05, 4.69) is 10.3 Å². The van der Waals surface area contributed by atoms with Crippen molar-refractivity contribution < 1.29 is 27.5 Å². The molecule has 0 atom stereocenters. The Morgan fingerprint density at radius 1 is 1.00 bits per heavy atom. The van der Waals surface area contributed by atoms with Crippen LogP contribution in [0.25, 0.3) is 10.2 Å². The van der Waals surface area contributed by atoms with E-state index in [4.69, 9.17) is 4.74 Å². The van der Waals surface area contributed by atoms with Crippen molar-refractivity contribution in [2.24, 2.45) is 4.99 Å². The molecule has 0 bridgehead atoms. The fourth-order valence-electron chi connectivity index (χ4n) is 4.02. The Labute approximate surface area is 238 Å². The van der Waals surface area contributed by atoms with Crippen molar-refractivity contribution in [1.29, 1.82) is 0 Å². The number of fused-ring (bicyclic) bond motifs is 1. The maximum absolute atomic E-state index is 13.3. The molecule has 0 aliphatic carbocycles. The maximum Gasteiger partial charge on any atom is 0.326 e. The molecule has 12 heteroatoms. The van der Waals surface area contributed by atoms with Crippen molar-refractivity contribution in [2.75, 3.05) is 25.0 Å². The Kier molecular flexibility index (Phi) is 11.2. The average molecular weight is 589 g/mol. The van der Waals surface area contributed by atoms with Gasteiger partial charge in [0.1, 0.15) is 6.54 Å². The highest BCUT2D eigenvalue weighted by atomic mass is 32.2. The van der Waals surface area contributed by atoms with Gasteiger partial charge in [-0.05, 0) is 62.2 Å². The van der Waals surface area contributed by atoms with Crippen LogP contribution in [0, 0.1) is 0 Å². The van der Waals surface area contributed by atoms with Crippen molar-refractivity contribution in [3.05, 3.63) is 52.8 Å². The Morgan fingerprint density at radius 2 is 1.65 bits per heavy atom. The number of thiazole rings is 1. The predicted molar refractivity (Wildman–Crippen MR) is 156 cm³/mol. The van der Waals surface area contributed by atoms with Gasteiger partial charge in [-0.15, -0.1) is 0 Å². The van der Waals surface area contributed by atoms with E-state index in [1.807, 2.05) is 13.8 Å². The molecular formula is C28H36N4O6S2. The van der Waals surface area contributed by atoms with Crippen molar-refractivity contribution in [1.82, 2.24) is 8.87 Å². The third-order valence-corrected chi connectivity index (χ3v) is 9.01. The predicted octanol–water partition coefficient (Wildman–Crippen LogP) is 4.56. The second-order valence-corrected chi connectivity index (χ2v) is 12.1. The lowest BCUT2D eigenvalue weighted by Crippen LogP contribution is -2.33. The first-order chi connectivity index (χ1) is 19.1. The molecule has 1 N–H and O–H groups in total. The van der Waals surface area contributed by atoms with Crippen LogP contribution in [0.5, 0.6) is 0 Å². The number of rotatable bonds is 13. The molecule has 0 unspecified atom stereocenters. The molecule has 1 heterocycles. The fourth-order valence-corrected chi connectivity index (χ4v) is 6.60. The Morgan fingerprint density at radius 3 is 2.23 bits per heavy atom. The van der Waals surface area contributed by atoms with Gasteiger partial charge in [0.25, 0.3) is 5.91 Å². The Hall–Kier alpha value is -3.35. The first kappa shape index (κ1) is 31.2. The molecule has 0 aliphatic rings. The molecule has 2 amide bonds. The molecule has 3 aromatic rings. The molecule has 3 rings (SSSR count). The van der Waals surface area contributed by atoms with Gasteiger partial charge in [0.15, 0.2) is 4.80 Å². The van der Waals surface area contributed by atoms with E-state index < -0.39 is 21.9 Å². The van der Waals surface area contributed by atoms with Crippen molar-refractivity contribution >= 4 is 55.0 Å². The van der Waals surface area contributed by atoms with Crippen LogP contribution < -0.4 is 10.1 Å². The number of carbonyl (C=O) groups is 3. The average Bonchev–Trinajstić information content (AvgIpc) is 3.24. The number of amides is 2. The lowest BCUT2D eigenvalue weighted by molar-refractivity contribution is -0.143. The zero-order valence-electron chi connectivity index (χ0n) is 23.3. The number of benzene rings is 2. The summed E-state index contributed by atoms with van der Waals surface area (Å²) in [6, 6.07) is 11.0. The van der Waals surface area contributed by atoms with Gasteiger partial charge in [-0.2, -0.15) is 9.30 Å². The molecule has 0 spiro atoms. The summed E-state index contributed by atoms with van der Waals surface area (Å²) in [5.74, 6) is -1.28. The van der Waals surface area contributed by atoms with Gasteiger partial charge in [-0.1, -0.05) is 38.0 Å². The molecule has 40 heavy (non-hydrogen) atoms. The number of nitrogens with zero attached hydrogens (tertiary/aromatic N) is 3. The van der Waals surface area contributed by atoms with Gasteiger partial charge in [-0.3, -0.25) is 14.4 Å². The Balaban J connectivity index is 1.96. The van der Waals surface area contributed by atoms with E-state index in [-0.39, 0.29) is 34.3 Å². The van der Waals surface area contributed by atoms with Crippen LogP contribution in [0.1, 0.15) is 63.7 Å². The highest BCUT2D eigenvalue weighted by molar-refractivity contribution is 7.89. The summed E-state index contributed by atoms with van der Waals surface area (Å²) in [7, 11) is -3.69. The SMILES string of the molecule is CCCCN(CCCC)S(=O)(=O)c1ccc(C(=O)N=c2sc3cc(NC(C)=O)ccc3n2CC(=O)OCC)cc1. The smallest absolute Gasteiger partial charge is 0.326 e. The molecule has 0 radical (unpaired) electrons. The van der Waals surface area contributed by atoms with Gasteiger partial charge in [-0.25, -0.2) is 8.42 Å². The topological polar surface area (TPSA) is 127 Å². The summed E-state index contributed by atoms with van der Waals surface area (Å²) in [6.07, 6.45) is 3.31. The van der Waals surface area contributed by atoms with E-state index in [0.29, 0.717) is 29.0 Å². The number of unbranched alkanes of at least 4 members (excludes halogenated alkanes) is 2. The van der Waals surface area contributed by atoms with Crippen LogP contribution in [0.2, 0.25) is 0 Å². The standard InChI is InChI=1S/C28H36N4O6S2/c1-5-8-16-31(17-9-6-2)40(36,37)23-13-10-21(11-14-23)27(35)30-28-32(19-26(34)38-7-3)24-15-12-22(29-20(4)33)18-25(24)39-28/h10-15,18H,5-9,16-17,19H2,1-4H3,(H,29,33). The van der Waals surface area contributed by atoms with Crippen molar-refractivity contribution in [3.8, 4) is 0 Å². The summed E-state index contributed by atoms with van der Waals surface area (Å²) < 4.78 is 35.4. The first-order valence-electron chi connectivity index (χ1n) is 13.4. The van der Waals surface area contributed by atoms with Gasteiger partial charge >= 0.3 is 5.97 Å². The quantitative estimate of drug-likeness (QED) is 0.292. The molecule has 0 fully saturated rings. The fraction of sp³-hybridized carbons (Fsp3) is 0.429. The largest absolute Gasteiger partial charge is 0.465 e. The van der Waals surface area contributed by atoms with E-state index in [0.717, 1.165) is 25.7 Å². The summed E-state index contributed by atoms with van der Waals surface area (Å²) in [5, 5.41) is 2.72. The van der Waals surface area contributed by atoms with Gasteiger partial charge in [0.2, 0.25) is 15.9 Å². The third kappa shape index (κ3) is 7.86. The minimum absolute atomic E-state index is 0.126. The number of esters is 1. The maximum atomic E-state index is 13.3. The number of hydrogen-bond donors (Lipinski definition) is 1. The highest BCUT2D eigenvalue weighted by Crippen LogP contribution is 2.23. The number of sulfonamides is 1. The van der Waals surface area contributed by atoms with Gasteiger partial charge in [0, 0.05) is 31.3 Å². The van der Waals surface area contributed by atoms with Crippen molar-refractivity contribution in [3.63, 3.8) is 0 Å². The molecule has 216 valence electrons. The molecule has 2 aromatic carbocycles. The summed E-state index contributed by atoms with van der Waals surface area (Å²) in [6.45, 7) is 8.11. The van der Waals surface area contributed by atoms with Crippen LogP contribution in [0.4, 0.5) is 5.69 Å². The van der Waals surface area contributed by atoms with Crippen LogP contribution in [0.3, 0.4) is 0 Å². The van der Waals surface area contributed by atoms with Crippen LogP contribution in [0.15, 0.2) is 52.4 Å². The third-order valence-electron chi connectivity index (χ3n) is 6.05. The van der Waals surface area contributed by atoms with E-state index in [1.54, 1.807) is 29.7 Å². The first-order valence-corrected chi connectivity index (χ1v) is 15.6. The molecular weight excluding hydrogens is 552 g/mol. The summed E-state index contributed by atoms with van der Waals surface area (Å²) in [4.78, 5) is 41.6. The van der Waals surface area contributed by atoms with Gasteiger partial charge in [0.05, 0.1) is 21.7 Å². The lowest BCUT2D eigenvalue weighted by atomic mass is 10.2. The van der Waals surface area contributed by atoms with Crippen LogP contribution in [-0.2, 0) is 30.9 Å². The van der Waals surface area contributed by atoms with Crippen molar-refractivity contribution in [2.45, 2.75) is 64.8 Å². The highest BCUT2D eigenvalue weighted by Gasteiger charge is 2.24. The van der Waals surface area contributed by atoms with Gasteiger partial charge < -0.3 is 14.6 Å². The van der Waals surface area contributed by atoms with E-state index in [9.17, 15) is 22.8 Å².